The summed E-state index contributed by atoms with van der Waals surface area (Å²) in [5.41, 5.74) is 14.6. The Morgan fingerprint density at radius 2 is 1.15 bits per heavy atom. The standard InChI is InChI=1S/C25H21.C13H10.2ClH.Zr/c1-16(2)18-9-5-11-21-23(18)13-14-24(21)22-12-6-10-20-19-8-4-3-7-17(19)15-25(20)22;1-3-7-12(8-4-1)11-13-9-5-2-6-10-13;;;/h3-16,24H,1-2H3;1-10H;2*1H;/q;;;;+2/p-2. The molecule has 2 aliphatic rings. The van der Waals surface area contributed by atoms with Crippen molar-refractivity contribution in [3.05, 3.63) is 172 Å². The second-order valence-electron chi connectivity index (χ2n) is 10.9. The van der Waals surface area contributed by atoms with Gasteiger partial charge in [0.05, 0.1) is 0 Å². The number of fused-ring (bicyclic) bond motifs is 4. The summed E-state index contributed by atoms with van der Waals surface area (Å²) in [5, 5.41) is 0. The zero-order valence-electron chi connectivity index (χ0n) is 23.2. The quantitative estimate of drug-likeness (QED) is 0.274. The molecule has 7 rings (SSSR count). The number of halogens is 2. The number of allylic oxidation sites excluding steroid dienone is 1. The van der Waals surface area contributed by atoms with Crippen molar-refractivity contribution in [3.8, 4) is 11.1 Å². The van der Waals surface area contributed by atoms with E-state index in [1.807, 2.05) is 0 Å². The minimum absolute atomic E-state index is 0. The van der Waals surface area contributed by atoms with E-state index in [0.29, 0.717) is 15.5 Å². The normalized spacial score (nSPS) is 15.7. The van der Waals surface area contributed by atoms with E-state index < -0.39 is 22.8 Å². The maximum Gasteiger partial charge on any atom is -1.00 e. The minimum Gasteiger partial charge on any atom is -1.00 e. The fourth-order valence-corrected chi connectivity index (χ4v) is 11.0. The van der Waals surface area contributed by atoms with Crippen LogP contribution in [-0.2, 0) is 22.8 Å². The Balaban J connectivity index is 0.00000169. The van der Waals surface area contributed by atoms with Crippen LogP contribution in [0.2, 0.25) is 0 Å². The zero-order valence-corrected chi connectivity index (χ0v) is 27.2. The van der Waals surface area contributed by atoms with Crippen LogP contribution in [0.5, 0.6) is 0 Å². The van der Waals surface area contributed by atoms with Gasteiger partial charge in [0.2, 0.25) is 0 Å². The summed E-state index contributed by atoms with van der Waals surface area (Å²) in [6.07, 6.45) is 4.84. The molecule has 2 unspecified atom stereocenters. The predicted octanol–water partition coefficient (Wildman–Crippen LogP) is 3.40. The molecule has 0 bridgehead atoms. The van der Waals surface area contributed by atoms with Crippen LogP contribution in [-0.4, -0.2) is 3.21 Å². The molecule has 41 heavy (non-hydrogen) atoms. The van der Waals surface area contributed by atoms with E-state index >= 15 is 0 Å². The molecule has 5 aromatic carbocycles. The van der Waals surface area contributed by atoms with E-state index in [1.54, 1.807) is 8.77 Å². The van der Waals surface area contributed by atoms with Crippen molar-refractivity contribution in [3.63, 3.8) is 0 Å². The summed E-state index contributed by atoms with van der Waals surface area (Å²) in [7, 11) is 0. The van der Waals surface area contributed by atoms with E-state index in [-0.39, 0.29) is 24.8 Å². The summed E-state index contributed by atoms with van der Waals surface area (Å²) < 4.78 is 2.05. The molecule has 3 heteroatoms. The molecule has 0 saturated heterocycles. The molecule has 0 aromatic heterocycles. The van der Waals surface area contributed by atoms with Crippen LogP contribution in [0.15, 0.2) is 127 Å². The molecule has 5 aromatic rings. The maximum absolute atomic E-state index is 2.45. The molecular weight excluding hydrogens is 619 g/mol. The van der Waals surface area contributed by atoms with Crippen LogP contribution < -0.4 is 24.8 Å². The fourth-order valence-electron chi connectivity index (χ4n) is 6.53. The van der Waals surface area contributed by atoms with Crippen molar-refractivity contribution in [1.82, 2.24) is 0 Å². The smallest absolute Gasteiger partial charge is 1.00 e. The van der Waals surface area contributed by atoms with Gasteiger partial charge < -0.3 is 24.8 Å². The molecule has 201 valence electrons. The Morgan fingerprint density at radius 3 is 1.83 bits per heavy atom. The Bertz CT molecular complexity index is 1690. The van der Waals surface area contributed by atoms with Gasteiger partial charge in [0.1, 0.15) is 0 Å². The summed E-state index contributed by atoms with van der Waals surface area (Å²) in [6.45, 7) is 4.61. The molecule has 2 atom stereocenters. The van der Waals surface area contributed by atoms with Gasteiger partial charge in [-0.2, -0.15) is 0 Å². The Kier molecular flexibility index (Phi) is 9.10. The van der Waals surface area contributed by atoms with E-state index in [9.17, 15) is 0 Å². The van der Waals surface area contributed by atoms with Gasteiger partial charge in [0, 0.05) is 0 Å². The third kappa shape index (κ3) is 5.30. The fraction of sp³-hybridized carbons (Fsp3) is 0.132. The molecule has 0 nitrogen and oxygen atoms in total. The van der Waals surface area contributed by atoms with Gasteiger partial charge in [-0.25, -0.2) is 0 Å². The average molecular weight is 650 g/mol. The van der Waals surface area contributed by atoms with Gasteiger partial charge in [-0.1, -0.05) is 0 Å². The first-order chi connectivity index (χ1) is 19.2. The third-order valence-corrected chi connectivity index (χ3v) is 12.6. The van der Waals surface area contributed by atoms with Crippen molar-refractivity contribution in [2.24, 2.45) is 0 Å². The Morgan fingerprint density at radius 1 is 0.585 bits per heavy atom. The Hall–Kier alpha value is -2.83. The van der Waals surface area contributed by atoms with Crippen molar-refractivity contribution < 1.29 is 47.6 Å². The number of benzene rings is 5. The van der Waals surface area contributed by atoms with Gasteiger partial charge in [-0.05, 0) is 0 Å². The number of rotatable bonds is 5. The van der Waals surface area contributed by atoms with Crippen LogP contribution in [0.4, 0.5) is 0 Å². The monoisotopic (exact) mass is 647 g/mol. The van der Waals surface area contributed by atoms with Crippen LogP contribution >= 0.6 is 0 Å². The summed E-state index contributed by atoms with van der Waals surface area (Å²) >= 11 is -1.15. The maximum atomic E-state index is 2.45. The molecule has 0 radical (unpaired) electrons. The third-order valence-electron chi connectivity index (χ3n) is 8.33. The first-order valence-corrected chi connectivity index (χ1v) is 16.6. The van der Waals surface area contributed by atoms with Crippen molar-refractivity contribution >= 4 is 9.28 Å². The summed E-state index contributed by atoms with van der Waals surface area (Å²) in [4.78, 5) is 0. The second kappa shape index (κ2) is 12.6. The van der Waals surface area contributed by atoms with E-state index in [4.69, 9.17) is 0 Å². The molecule has 0 heterocycles. The summed E-state index contributed by atoms with van der Waals surface area (Å²) in [5.74, 6) is 0.826. The molecule has 0 aliphatic heterocycles. The Labute approximate surface area is 267 Å². The van der Waals surface area contributed by atoms with E-state index in [1.165, 1.54) is 50.1 Å². The van der Waals surface area contributed by atoms with E-state index in [2.05, 4.69) is 147 Å². The molecule has 0 fully saturated rings. The molecule has 0 saturated carbocycles. The van der Waals surface area contributed by atoms with Gasteiger partial charge >= 0.3 is 244 Å². The molecule has 2 aliphatic carbocycles. The first-order valence-electron chi connectivity index (χ1n) is 14.0. The first kappa shape index (κ1) is 29.7. The largest absolute Gasteiger partial charge is 1.00 e. The number of hydrogen-bond donors (Lipinski definition) is 0. The molecular formula is C38H31Cl2Zr. The average Bonchev–Trinajstić information content (AvgIpc) is 3.56. The van der Waals surface area contributed by atoms with Crippen molar-refractivity contribution in [2.45, 2.75) is 29.3 Å². The van der Waals surface area contributed by atoms with Gasteiger partial charge in [-0.15, -0.1) is 0 Å². The van der Waals surface area contributed by atoms with Crippen LogP contribution in [0, 0.1) is 0 Å². The zero-order chi connectivity index (χ0) is 26.3. The van der Waals surface area contributed by atoms with Crippen LogP contribution in [0.3, 0.4) is 0 Å². The topological polar surface area (TPSA) is 0 Å². The molecule has 0 N–H and O–H groups in total. The van der Waals surface area contributed by atoms with Crippen LogP contribution in [0.1, 0.15) is 73.8 Å². The van der Waals surface area contributed by atoms with Crippen LogP contribution in [0.25, 0.3) is 17.2 Å². The van der Waals surface area contributed by atoms with Crippen molar-refractivity contribution in [1.29, 1.82) is 0 Å². The molecule has 0 amide bonds. The minimum atomic E-state index is -1.15. The predicted molar refractivity (Wildman–Crippen MR) is 161 cm³/mol. The van der Waals surface area contributed by atoms with E-state index in [0.717, 1.165) is 0 Å². The van der Waals surface area contributed by atoms with Crippen molar-refractivity contribution in [2.75, 3.05) is 0 Å². The SMILES string of the molecule is CC(C)c1cccc2c1C=CC2c1cccc2c1[CH]([Zr+2]=[C](c1ccccc1)c1ccccc1)c1ccccc1-2.[Cl-].[Cl-]. The van der Waals surface area contributed by atoms with Gasteiger partial charge in [0.15, 0.2) is 0 Å². The number of hydrogen-bond acceptors (Lipinski definition) is 0. The van der Waals surface area contributed by atoms with Gasteiger partial charge in [-0.3, -0.25) is 0 Å². The summed E-state index contributed by atoms with van der Waals surface area (Å²) in [6, 6.07) is 45.4. The molecule has 0 spiro atoms. The van der Waals surface area contributed by atoms with Gasteiger partial charge in [0.25, 0.3) is 0 Å². The second-order valence-corrected chi connectivity index (χ2v) is 14.3.